The number of carbonyl (C=O) groups excluding carboxylic acids is 1. The van der Waals surface area contributed by atoms with Crippen LogP contribution in [-0.4, -0.2) is 49.2 Å². The van der Waals surface area contributed by atoms with Crippen LogP contribution >= 0.6 is 0 Å². The highest BCUT2D eigenvalue weighted by Crippen LogP contribution is 2.22. The Balaban J connectivity index is 2.19. The molecule has 0 unspecified atom stereocenters. The summed E-state index contributed by atoms with van der Waals surface area (Å²) in [6.07, 6.45) is 5.55. The zero-order valence-electron chi connectivity index (χ0n) is 11.2. The summed E-state index contributed by atoms with van der Waals surface area (Å²) >= 11 is 0. The number of amides is 2. The van der Waals surface area contributed by atoms with E-state index in [2.05, 4.69) is 9.71 Å². The molecule has 1 aliphatic heterocycles. The summed E-state index contributed by atoms with van der Waals surface area (Å²) in [6, 6.07) is 2.57. The second-order valence-electron chi connectivity index (χ2n) is 4.94. The molecule has 2 atom stereocenters. The van der Waals surface area contributed by atoms with Crippen molar-refractivity contribution in [3.8, 4) is 0 Å². The Kier molecular flexibility index (Phi) is 4.24. The minimum absolute atomic E-state index is 0.273. The molecule has 1 aliphatic rings. The normalized spacial score (nSPS) is 22.9. The van der Waals surface area contributed by atoms with E-state index in [1.54, 1.807) is 12.4 Å². The minimum atomic E-state index is -3.32. The number of rotatable bonds is 4. The fourth-order valence-corrected chi connectivity index (χ4v) is 3.38. The lowest BCUT2D eigenvalue weighted by atomic mass is 10.0. The fourth-order valence-electron chi connectivity index (χ4n) is 2.55. The molecule has 7 nitrogen and oxygen atoms in total. The van der Waals surface area contributed by atoms with E-state index in [1.165, 1.54) is 4.90 Å². The molecule has 1 aromatic rings. The summed E-state index contributed by atoms with van der Waals surface area (Å²) in [5.41, 5.74) is 6.35. The third-order valence-electron chi connectivity index (χ3n) is 3.39. The molecule has 0 radical (unpaired) electrons. The van der Waals surface area contributed by atoms with Gasteiger partial charge in [-0.05, 0) is 30.5 Å². The highest BCUT2D eigenvalue weighted by Gasteiger charge is 2.37. The van der Waals surface area contributed by atoms with Crippen molar-refractivity contribution in [1.82, 2.24) is 14.6 Å². The lowest BCUT2D eigenvalue weighted by molar-refractivity contribution is 0.199. The number of sulfonamides is 1. The predicted octanol–water partition coefficient (Wildman–Crippen LogP) is -0.305. The maximum atomic E-state index is 11.5. The summed E-state index contributed by atoms with van der Waals surface area (Å²) in [4.78, 5) is 16.9. The molecule has 1 fully saturated rings. The number of primary amides is 1. The Morgan fingerprint density at radius 2 is 2.15 bits per heavy atom. The topological polar surface area (TPSA) is 105 Å². The van der Waals surface area contributed by atoms with Gasteiger partial charge < -0.3 is 10.6 Å². The number of nitrogens with one attached hydrogen (secondary N) is 1. The molecule has 0 bridgehead atoms. The zero-order valence-corrected chi connectivity index (χ0v) is 12.0. The number of aromatic nitrogens is 1. The predicted molar refractivity (Wildman–Crippen MR) is 74.4 cm³/mol. The average molecular weight is 298 g/mol. The van der Waals surface area contributed by atoms with Gasteiger partial charge in [0.1, 0.15) is 0 Å². The number of carbonyl (C=O) groups is 1. The fraction of sp³-hybridized carbons (Fsp3) is 0.500. The summed E-state index contributed by atoms with van der Waals surface area (Å²) in [5, 5.41) is 0. The first-order valence-corrected chi connectivity index (χ1v) is 8.18. The van der Waals surface area contributed by atoms with Crippen LogP contribution in [0.1, 0.15) is 12.0 Å². The summed E-state index contributed by atoms with van der Waals surface area (Å²) in [6.45, 7) is 0.457. The van der Waals surface area contributed by atoms with Crippen molar-refractivity contribution in [2.75, 3.05) is 12.8 Å². The van der Waals surface area contributed by atoms with Crippen LogP contribution in [-0.2, 0) is 16.4 Å². The van der Waals surface area contributed by atoms with Crippen molar-refractivity contribution in [2.45, 2.75) is 24.9 Å². The van der Waals surface area contributed by atoms with Gasteiger partial charge in [0.25, 0.3) is 0 Å². The number of pyridine rings is 1. The van der Waals surface area contributed by atoms with Crippen LogP contribution in [0, 0.1) is 0 Å². The van der Waals surface area contributed by atoms with Gasteiger partial charge in [-0.3, -0.25) is 4.98 Å². The Bertz CT molecular complexity index is 576. The van der Waals surface area contributed by atoms with Crippen LogP contribution in [0.4, 0.5) is 4.79 Å². The quantitative estimate of drug-likeness (QED) is 0.795. The van der Waals surface area contributed by atoms with Gasteiger partial charge in [0.2, 0.25) is 10.0 Å². The van der Waals surface area contributed by atoms with Gasteiger partial charge in [-0.15, -0.1) is 0 Å². The molecule has 0 saturated carbocycles. The van der Waals surface area contributed by atoms with Crippen LogP contribution in [0.25, 0.3) is 0 Å². The smallest absolute Gasteiger partial charge is 0.315 e. The third-order valence-corrected chi connectivity index (χ3v) is 4.12. The molecule has 20 heavy (non-hydrogen) atoms. The average Bonchev–Trinajstić information content (AvgIpc) is 2.71. The number of nitrogens with zero attached hydrogens (tertiary/aromatic N) is 2. The Morgan fingerprint density at radius 3 is 2.70 bits per heavy atom. The van der Waals surface area contributed by atoms with Crippen molar-refractivity contribution in [1.29, 1.82) is 0 Å². The molecule has 2 rings (SSSR count). The monoisotopic (exact) mass is 298 g/mol. The molecule has 2 heterocycles. The molecule has 1 saturated heterocycles. The largest absolute Gasteiger partial charge is 0.351 e. The third kappa shape index (κ3) is 3.67. The van der Waals surface area contributed by atoms with E-state index in [9.17, 15) is 13.2 Å². The molecule has 1 aromatic heterocycles. The molecule has 2 amide bonds. The maximum Gasteiger partial charge on any atom is 0.315 e. The first-order valence-electron chi connectivity index (χ1n) is 6.29. The Labute approximate surface area is 118 Å². The first kappa shape index (κ1) is 14.7. The van der Waals surface area contributed by atoms with Gasteiger partial charge >= 0.3 is 6.03 Å². The van der Waals surface area contributed by atoms with E-state index in [1.807, 2.05) is 12.1 Å². The van der Waals surface area contributed by atoms with Crippen molar-refractivity contribution in [3.63, 3.8) is 0 Å². The van der Waals surface area contributed by atoms with Crippen LogP contribution in [0.5, 0.6) is 0 Å². The standard InChI is InChI=1S/C12H18N4O3S/c1-20(18,19)15-10-4-7-16(12(13)17)11(10)8-9-2-5-14-6-3-9/h2-3,5-6,10-11,15H,4,7-8H2,1H3,(H2,13,17)/t10-,11+/m1/s1. The molecular weight excluding hydrogens is 280 g/mol. The molecule has 0 aromatic carbocycles. The molecule has 0 aliphatic carbocycles. The maximum absolute atomic E-state index is 11.5. The van der Waals surface area contributed by atoms with Gasteiger partial charge in [-0.1, -0.05) is 0 Å². The summed E-state index contributed by atoms with van der Waals surface area (Å²) < 4.78 is 25.4. The van der Waals surface area contributed by atoms with E-state index < -0.39 is 16.1 Å². The SMILES string of the molecule is CS(=O)(=O)N[C@@H]1CCN(C(N)=O)[C@H]1Cc1ccncc1. The van der Waals surface area contributed by atoms with E-state index in [4.69, 9.17) is 5.73 Å². The van der Waals surface area contributed by atoms with E-state index in [-0.39, 0.29) is 12.1 Å². The molecule has 3 N–H and O–H groups in total. The summed E-state index contributed by atoms with van der Waals surface area (Å²) in [5.74, 6) is 0. The minimum Gasteiger partial charge on any atom is -0.351 e. The van der Waals surface area contributed by atoms with Gasteiger partial charge in [0.15, 0.2) is 0 Å². The lowest BCUT2D eigenvalue weighted by Gasteiger charge is -2.27. The molecule has 110 valence electrons. The van der Waals surface area contributed by atoms with E-state index in [0.717, 1.165) is 11.8 Å². The van der Waals surface area contributed by atoms with Gasteiger partial charge in [0, 0.05) is 25.0 Å². The van der Waals surface area contributed by atoms with E-state index >= 15 is 0 Å². The van der Waals surface area contributed by atoms with Gasteiger partial charge in [-0.25, -0.2) is 17.9 Å². The van der Waals surface area contributed by atoms with Gasteiger partial charge in [-0.2, -0.15) is 0 Å². The van der Waals surface area contributed by atoms with E-state index in [0.29, 0.717) is 19.4 Å². The molecule has 8 heteroatoms. The second-order valence-corrected chi connectivity index (χ2v) is 6.72. The van der Waals surface area contributed by atoms with Crippen LogP contribution in [0.2, 0.25) is 0 Å². The van der Waals surface area contributed by atoms with Crippen molar-refractivity contribution < 1.29 is 13.2 Å². The van der Waals surface area contributed by atoms with Crippen molar-refractivity contribution in [2.24, 2.45) is 5.73 Å². The number of likely N-dealkylation sites (tertiary alicyclic amines) is 1. The van der Waals surface area contributed by atoms with Crippen molar-refractivity contribution in [3.05, 3.63) is 30.1 Å². The Morgan fingerprint density at radius 1 is 1.50 bits per heavy atom. The Hall–Kier alpha value is -1.67. The number of nitrogens with two attached hydrogens (primary N) is 1. The highest BCUT2D eigenvalue weighted by atomic mass is 32.2. The number of urea groups is 1. The van der Waals surface area contributed by atoms with Gasteiger partial charge in [0.05, 0.1) is 12.3 Å². The lowest BCUT2D eigenvalue weighted by Crippen LogP contribution is -2.49. The molecular formula is C12H18N4O3S. The summed E-state index contributed by atoms with van der Waals surface area (Å²) in [7, 11) is -3.32. The zero-order chi connectivity index (χ0) is 14.8. The highest BCUT2D eigenvalue weighted by molar-refractivity contribution is 7.88. The molecule has 0 spiro atoms. The van der Waals surface area contributed by atoms with Crippen LogP contribution < -0.4 is 10.5 Å². The number of hydrogen-bond acceptors (Lipinski definition) is 4. The second kappa shape index (κ2) is 5.76. The first-order chi connectivity index (χ1) is 9.37. The van der Waals surface area contributed by atoms with Crippen LogP contribution in [0.15, 0.2) is 24.5 Å². The van der Waals surface area contributed by atoms with Crippen molar-refractivity contribution >= 4 is 16.1 Å². The number of hydrogen-bond donors (Lipinski definition) is 2. The van der Waals surface area contributed by atoms with Crippen LogP contribution in [0.3, 0.4) is 0 Å².